The van der Waals surface area contributed by atoms with E-state index >= 15 is 0 Å². The molecule has 0 amide bonds. The molecule has 0 bridgehead atoms. The van der Waals surface area contributed by atoms with Gasteiger partial charge in [0.1, 0.15) is 27.2 Å². The Morgan fingerprint density at radius 1 is 0.966 bits per heavy atom. The molecule has 0 aliphatic rings. The van der Waals surface area contributed by atoms with Crippen molar-refractivity contribution in [2.45, 2.75) is 11.3 Å². The highest BCUT2D eigenvalue weighted by molar-refractivity contribution is 7.89. The number of rotatable bonds is 9. The molecule has 29 heavy (non-hydrogen) atoms. The summed E-state index contributed by atoms with van der Waals surface area (Å²) < 4.78 is 43.4. The van der Waals surface area contributed by atoms with Crippen LogP contribution >= 0.6 is 11.3 Å². The maximum Gasteiger partial charge on any atom is 0.244 e. The van der Waals surface area contributed by atoms with Crippen LogP contribution < -0.4 is 18.9 Å². The molecule has 0 fully saturated rings. The molecule has 1 N–H and O–H groups in total. The van der Waals surface area contributed by atoms with Gasteiger partial charge in [0.05, 0.1) is 27.0 Å². The standard InChI is InChI=1S/C20H22N2O5S2/c1-25-16-6-4-14(5-7-16)20-22-15(13-28-20)10-11-21-29(23,24)19-12-17(26-2)8-9-18(19)27-3/h4-9,12-13,21H,10-11H2,1-3H3. The van der Waals surface area contributed by atoms with Crippen LogP contribution in [0.25, 0.3) is 10.6 Å². The van der Waals surface area contributed by atoms with Crippen molar-refractivity contribution in [2.24, 2.45) is 0 Å². The number of nitrogens with zero attached hydrogens (tertiary/aromatic N) is 1. The normalized spacial score (nSPS) is 11.3. The van der Waals surface area contributed by atoms with E-state index in [4.69, 9.17) is 14.2 Å². The summed E-state index contributed by atoms with van der Waals surface area (Å²) in [5, 5.41) is 2.81. The van der Waals surface area contributed by atoms with E-state index in [0.29, 0.717) is 12.2 Å². The maximum atomic E-state index is 12.7. The van der Waals surface area contributed by atoms with Gasteiger partial charge in [0.25, 0.3) is 0 Å². The molecule has 0 saturated heterocycles. The average molecular weight is 435 g/mol. The Balaban J connectivity index is 1.66. The van der Waals surface area contributed by atoms with Crippen LogP contribution in [0.4, 0.5) is 0 Å². The molecule has 154 valence electrons. The third-order valence-electron chi connectivity index (χ3n) is 4.22. The third kappa shape index (κ3) is 5.06. The molecule has 7 nitrogen and oxygen atoms in total. The van der Waals surface area contributed by atoms with Crippen molar-refractivity contribution in [2.75, 3.05) is 27.9 Å². The first-order valence-corrected chi connectivity index (χ1v) is 11.1. The lowest BCUT2D eigenvalue weighted by molar-refractivity contribution is 0.392. The summed E-state index contributed by atoms with van der Waals surface area (Å²) >= 11 is 1.52. The number of hydrogen-bond donors (Lipinski definition) is 1. The van der Waals surface area contributed by atoms with Gasteiger partial charge < -0.3 is 14.2 Å². The number of methoxy groups -OCH3 is 3. The second-order valence-electron chi connectivity index (χ2n) is 6.04. The summed E-state index contributed by atoms with van der Waals surface area (Å²) in [6, 6.07) is 12.3. The second-order valence-corrected chi connectivity index (χ2v) is 8.63. The lowest BCUT2D eigenvalue weighted by Crippen LogP contribution is -2.26. The Hall–Kier alpha value is -2.62. The fourth-order valence-corrected chi connectivity index (χ4v) is 4.75. The summed E-state index contributed by atoms with van der Waals surface area (Å²) in [5.74, 6) is 1.48. The Labute approximate surface area is 174 Å². The summed E-state index contributed by atoms with van der Waals surface area (Å²) in [6.45, 7) is 0.217. The highest BCUT2D eigenvalue weighted by atomic mass is 32.2. The van der Waals surface area contributed by atoms with Gasteiger partial charge in [-0.05, 0) is 36.4 Å². The molecule has 3 rings (SSSR count). The lowest BCUT2D eigenvalue weighted by atomic mass is 10.2. The molecule has 0 aliphatic carbocycles. The van der Waals surface area contributed by atoms with Gasteiger partial charge in [0, 0.05) is 30.0 Å². The minimum Gasteiger partial charge on any atom is -0.497 e. The van der Waals surface area contributed by atoms with E-state index in [1.54, 1.807) is 19.2 Å². The van der Waals surface area contributed by atoms with Crippen LogP contribution in [0.3, 0.4) is 0 Å². The first kappa shape index (κ1) is 21.1. The predicted octanol–water partition coefficient (Wildman–Crippen LogP) is 3.36. The molecule has 0 unspecified atom stereocenters. The van der Waals surface area contributed by atoms with Crippen molar-refractivity contribution in [3.8, 4) is 27.8 Å². The zero-order chi connectivity index (χ0) is 20.9. The Morgan fingerprint density at radius 2 is 1.66 bits per heavy atom. The quantitative estimate of drug-likeness (QED) is 0.556. The Morgan fingerprint density at radius 3 is 2.31 bits per heavy atom. The van der Waals surface area contributed by atoms with Gasteiger partial charge in [0.15, 0.2) is 0 Å². The first-order valence-electron chi connectivity index (χ1n) is 8.77. The van der Waals surface area contributed by atoms with Gasteiger partial charge >= 0.3 is 0 Å². The van der Waals surface area contributed by atoms with E-state index in [1.807, 2.05) is 29.6 Å². The first-order chi connectivity index (χ1) is 14.0. The smallest absolute Gasteiger partial charge is 0.244 e. The van der Waals surface area contributed by atoms with Crippen LogP contribution in [0.2, 0.25) is 0 Å². The highest BCUT2D eigenvalue weighted by Crippen LogP contribution is 2.28. The van der Waals surface area contributed by atoms with Crippen LogP contribution in [0, 0.1) is 0 Å². The van der Waals surface area contributed by atoms with Crippen molar-refractivity contribution in [3.63, 3.8) is 0 Å². The summed E-state index contributed by atoms with van der Waals surface area (Å²) in [5.41, 5.74) is 1.81. The molecule has 0 aliphatic heterocycles. The summed E-state index contributed by atoms with van der Waals surface area (Å²) in [6.07, 6.45) is 0.470. The molecule has 0 saturated carbocycles. The molecule has 0 spiro atoms. The van der Waals surface area contributed by atoms with E-state index in [1.165, 1.54) is 31.6 Å². The third-order valence-corrected chi connectivity index (χ3v) is 6.64. The fraction of sp³-hybridized carbons (Fsp3) is 0.250. The van der Waals surface area contributed by atoms with Crippen LogP contribution in [0.15, 0.2) is 52.7 Å². The number of aromatic nitrogens is 1. The fourth-order valence-electron chi connectivity index (χ4n) is 2.67. The number of benzene rings is 2. The minimum atomic E-state index is -3.75. The molecule has 1 heterocycles. The topological polar surface area (TPSA) is 86.8 Å². The number of nitrogens with one attached hydrogen (secondary N) is 1. The minimum absolute atomic E-state index is 0.0385. The highest BCUT2D eigenvalue weighted by Gasteiger charge is 2.20. The zero-order valence-electron chi connectivity index (χ0n) is 16.3. The van der Waals surface area contributed by atoms with Crippen molar-refractivity contribution < 1.29 is 22.6 Å². The molecule has 0 atom stereocenters. The predicted molar refractivity (Wildman–Crippen MR) is 113 cm³/mol. The molecular formula is C20H22N2O5S2. The molecule has 9 heteroatoms. The van der Waals surface area contributed by atoms with Gasteiger partial charge in [0.2, 0.25) is 10.0 Å². The monoisotopic (exact) mass is 434 g/mol. The van der Waals surface area contributed by atoms with E-state index in [-0.39, 0.29) is 17.2 Å². The van der Waals surface area contributed by atoms with Crippen LogP contribution in [0.5, 0.6) is 17.2 Å². The molecule has 2 aromatic carbocycles. The summed E-state index contributed by atoms with van der Waals surface area (Å²) in [7, 11) is 0.779. The number of sulfonamides is 1. The van der Waals surface area contributed by atoms with E-state index in [2.05, 4.69) is 9.71 Å². The van der Waals surface area contributed by atoms with Gasteiger partial charge in [-0.3, -0.25) is 0 Å². The van der Waals surface area contributed by atoms with E-state index in [9.17, 15) is 8.42 Å². The van der Waals surface area contributed by atoms with Crippen molar-refractivity contribution in [1.82, 2.24) is 9.71 Å². The van der Waals surface area contributed by atoms with Crippen LogP contribution in [-0.2, 0) is 16.4 Å². The molecule has 0 radical (unpaired) electrons. The van der Waals surface area contributed by atoms with Crippen LogP contribution in [0.1, 0.15) is 5.69 Å². The zero-order valence-corrected chi connectivity index (χ0v) is 18.0. The maximum absolute atomic E-state index is 12.7. The van der Waals surface area contributed by atoms with Crippen molar-refractivity contribution in [3.05, 3.63) is 53.5 Å². The van der Waals surface area contributed by atoms with Gasteiger partial charge in [-0.1, -0.05) is 0 Å². The van der Waals surface area contributed by atoms with Crippen molar-refractivity contribution in [1.29, 1.82) is 0 Å². The Bertz CT molecular complexity index is 1060. The number of thiazole rings is 1. The van der Waals surface area contributed by atoms with Crippen molar-refractivity contribution >= 4 is 21.4 Å². The largest absolute Gasteiger partial charge is 0.497 e. The van der Waals surface area contributed by atoms with Crippen LogP contribution in [-0.4, -0.2) is 41.3 Å². The van der Waals surface area contributed by atoms with Gasteiger partial charge in [-0.25, -0.2) is 18.1 Å². The molecule has 3 aromatic rings. The van der Waals surface area contributed by atoms with E-state index < -0.39 is 10.0 Å². The van der Waals surface area contributed by atoms with Gasteiger partial charge in [-0.15, -0.1) is 11.3 Å². The van der Waals surface area contributed by atoms with E-state index in [0.717, 1.165) is 22.0 Å². The second kappa shape index (κ2) is 9.25. The number of hydrogen-bond acceptors (Lipinski definition) is 7. The van der Waals surface area contributed by atoms with Gasteiger partial charge in [-0.2, -0.15) is 0 Å². The molecule has 1 aromatic heterocycles. The molecular weight excluding hydrogens is 412 g/mol. The summed E-state index contributed by atoms with van der Waals surface area (Å²) in [4.78, 5) is 4.63. The lowest BCUT2D eigenvalue weighted by Gasteiger charge is -2.11. The SMILES string of the molecule is COc1ccc(-c2nc(CCNS(=O)(=O)c3cc(OC)ccc3OC)cs2)cc1. The number of ether oxygens (including phenoxy) is 3. The average Bonchev–Trinajstić information content (AvgIpc) is 3.22. The Kier molecular flexibility index (Phi) is 6.73.